The van der Waals surface area contributed by atoms with E-state index in [0.717, 1.165) is 21.2 Å². The van der Waals surface area contributed by atoms with Crippen LogP contribution in [0.15, 0.2) is 42.7 Å². The molecule has 27 heavy (non-hydrogen) atoms. The Bertz CT molecular complexity index is 1180. The monoisotopic (exact) mass is 380 g/mol. The summed E-state index contributed by atoms with van der Waals surface area (Å²) < 4.78 is 16.7. The molecule has 0 unspecified atom stereocenters. The standard InChI is InChI=1S/C20H17FN4OS/c1-12-11-24-18(13(2)23-20(24)27-12)8-9-19(26)17-10-22-25(14(17)3)16-6-4-15(21)5-7-16/h4-11H,1-3H3/b9-8+. The van der Waals surface area contributed by atoms with Gasteiger partial charge in [-0.3, -0.25) is 9.20 Å². The zero-order valence-electron chi connectivity index (χ0n) is 15.1. The van der Waals surface area contributed by atoms with Crippen LogP contribution in [0.3, 0.4) is 0 Å². The normalized spacial score (nSPS) is 11.7. The quantitative estimate of drug-likeness (QED) is 0.386. The predicted octanol–water partition coefficient (Wildman–Crippen LogP) is 4.54. The van der Waals surface area contributed by atoms with Crippen molar-refractivity contribution in [2.75, 3.05) is 0 Å². The molecule has 0 aliphatic heterocycles. The van der Waals surface area contributed by atoms with E-state index < -0.39 is 0 Å². The van der Waals surface area contributed by atoms with Gasteiger partial charge in [0, 0.05) is 11.1 Å². The Morgan fingerprint density at radius 2 is 1.93 bits per heavy atom. The van der Waals surface area contributed by atoms with E-state index in [2.05, 4.69) is 10.1 Å². The number of aromatic nitrogens is 4. The van der Waals surface area contributed by atoms with Gasteiger partial charge in [0.2, 0.25) is 0 Å². The van der Waals surface area contributed by atoms with Crippen molar-refractivity contribution in [1.29, 1.82) is 0 Å². The van der Waals surface area contributed by atoms with Gasteiger partial charge in [0.05, 0.1) is 34.5 Å². The highest BCUT2D eigenvalue weighted by molar-refractivity contribution is 7.17. The van der Waals surface area contributed by atoms with Crippen LogP contribution in [-0.4, -0.2) is 24.9 Å². The number of carbonyl (C=O) groups is 1. The van der Waals surface area contributed by atoms with Gasteiger partial charge in [-0.2, -0.15) is 5.10 Å². The number of nitrogens with zero attached hydrogens (tertiary/aromatic N) is 4. The van der Waals surface area contributed by atoms with E-state index in [4.69, 9.17) is 0 Å². The van der Waals surface area contributed by atoms with Crippen LogP contribution in [0.5, 0.6) is 0 Å². The summed E-state index contributed by atoms with van der Waals surface area (Å²) in [6, 6.07) is 6.00. The maximum Gasteiger partial charge on any atom is 0.194 e. The van der Waals surface area contributed by atoms with Crippen LogP contribution in [0.25, 0.3) is 16.7 Å². The maximum absolute atomic E-state index is 13.1. The van der Waals surface area contributed by atoms with E-state index >= 15 is 0 Å². The number of benzene rings is 1. The topological polar surface area (TPSA) is 52.2 Å². The molecule has 1 aromatic carbocycles. The van der Waals surface area contributed by atoms with Crippen LogP contribution >= 0.6 is 11.3 Å². The number of rotatable bonds is 4. The van der Waals surface area contributed by atoms with Crippen molar-refractivity contribution in [1.82, 2.24) is 19.2 Å². The van der Waals surface area contributed by atoms with Crippen molar-refractivity contribution in [3.05, 3.63) is 76.1 Å². The number of hydrogen-bond acceptors (Lipinski definition) is 4. The first-order valence-corrected chi connectivity index (χ1v) is 9.24. The number of thiazole rings is 1. The summed E-state index contributed by atoms with van der Waals surface area (Å²) in [5, 5.41) is 4.28. The highest BCUT2D eigenvalue weighted by atomic mass is 32.1. The Kier molecular flexibility index (Phi) is 4.24. The fourth-order valence-electron chi connectivity index (χ4n) is 3.02. The van der Waals surface area contributed by atoms with Gasteiger partial charge in [-0.1, -0.05) is 0 Å². The molecule has 0 aliphatic carbocycles. The Balaban J connectivity index is 1.64. The molecule has 7 heteroatoms. The summed E-state index contributed by atoms with van der Waals surface area (Å²) in [5.41, 5.74) is 3.70. The first kappa shape index (κ1) is 17.4. The third kappa shape index (κ3) is 3.10. The molecule has 136 valence electrons. The molecule has 3 heterocycles. The summed E-state index contributed by atoms with van der Waals surface area (Å²) in [7, 11) is 0. The second-order valence-electron chi connectivity index (χ2n) is 6.31. The third-order valence-electron chi connectivity index (χ3n) is 4.40. The molecule has 0 spiro atoms. The number of halogens is 1. The minimum absolute atomic E-state index is 0.137. The second-order valence-corrected chi connectivity index (χ2v) is 7.52. The van der Waals surface area contributed by atoms with Crippen molar-refractivity contribution >= 4 is 28.2 Å². The van der Waals surface area contributed by atoms with E-state index in [-0.39, 0.29) is 11.6 Å². The van der Waals surface area contributed by atoms with Crippen molar-refractivity contribution in [2.24, 2.45) is 0 Å². The average molecular weight is 380 g/mol. The smallest absolute Gasteiger partial charge is 0.194 e. The average Bonchev–Trinajstić information content (AvgIpc) is 3.26. The molecular weight excluding hydrogens is 363 g/mol. The number of ketones is 1. The van der Waals surface area contributed by atoms with E-state index in [9.17, 15) is 9.18 Å². The van der Waals surface area contributed by atoms with E-state index in [0.29, 0.717) is 16.9 Å². The number of fused-ring (bicyclic) bond motifs is 1. The van der Waals surface area contributed by atoms with Gasteiger partial charge in [-0.15, -0.1) is 11.3 Å². The molecular formula is C20H17FN4OS. The first-order chi connectivity index (χ1) is 12.9. The van der Waals surface area contributed by atoms with Crippen LogP contribution in [0.1, 0.15) is 32.3 Å². The predicted molar refractivity (Wildman–Crippen MR) is 104 cm³/mol. The van der Waals surface area contributed by atoms with Gasteiger partial charge >= 0.3 is 0 Å². The largest absolute Gasteiger partial charge is 0.290 e. The molecule has 0 amide bonds. The Morgan fingerprint density at radius 1 is 1.19 bits per heavy atom. The van der Waals surface area contributed by atoms with Gasteiger partial charge in [-0.25, -0.2) is 14.1 Å². The van der Waals surface area contributed by atoms with Crippen LogP contribution in [-0.2, 0) is 0 Å². The Hall–Kier alpha value is -3.06. The Morgan fingerprint density at radius 3 is 2.67 bits per heavy atom. The summed E-state index contributed by atoms with van der Waals surface area (Å²) in [6.45, 7) is 5.78. The van der Waals surface area contributed by atoms with Crippen LogP contribution < -0.4 is 0 Å². The number of carbonyl (C=O) groups excluding carboxylic acids is 1. The molecule has 0 fully saturated rings. The second kappa shape index (κ2) is 6.59. The highest BCUT2D eigenvalue weighted by Crippen LogP contribution is 2.22. The fourth-order valence-corrected chi connectivity index (χ4v) is 3.90. The van der Waals surface area contributed by atoms with Gasteiger partial charge in [-0.05, 0) is 57.2 Å². The fraction of sp³-hybridized carbons (Fsp3) is 0.150. The number of aryl methyl sites for hydroxylation is 2. The maximum atomic E-state index is 13.1. The van der Waals surface area contributed by atoms with Crippen molar-refractivity contribution in [2.45, 2.75) is 20.8 Å². The highest BCUT2D eigenvalue weighted by Gasteiger charge is 2.14. The summed E-state index contributed by atoms with van der Waals surface area (Å²) in [4.78, 5) is 19.3. The molecule has 0 atom stereocenters. The van der Waals surface area contributed by atoms with Gasteiger partial charge in [0.25, 0.3) is 0 Å². The molecule has 0 aliphatic rings. The van der Waals surface area contributed by atoms with E-state index in [1.807, 2.05) is 31.4 Å². The third-order valence-corrected chi connectivity index (χ3v) is 5.30. The van der Waals surface area contributed by atoms with Gasteiger partial charge < -0.3 is 0 Å². The summed E-state index contributed by atoms with van der Waals surface area (Å²) in [5.74, 6) is -0.448. The van der Waals surface area contributed by atoms with Crippen LogP contribution in [0, 0.1) is 26.6 Å². The summed E-state index contributed by atoms with van der Waals surface area (Å²) >= 11 is 1.62. The summed E-state index contributed by atoms with van der Waals surface area (Å²) in [6.07, 6.45) is 6.89. The van der Waals surface area contributed by atoms with Crippen molar-refractivity contribution < 1.29 is 9.18 Å². The lowest BCUT2D eigenvalue weighted by molar-refractivity contribution is 0.104. The lowest BCUT2D eigenvalue weighted by atomic mass is 10.1. The number of allylic oxidation sites excluding steroid dienone is 1. The number of hydrogen-bond donors (Lipinski definition) is 0. The molecule has 4 aromatic rings. The first-order valence-electron chi connectivity index (χ1n) is 8.42. The van der Waals surface area contributed by atoms with Crippen LogP contribution in [0.2, 0.25) is 0 Å². The van der Waals surface area contributed by atoms with E-state index in [1.54, 1.807) is 46.5 Å². The minimum Gasteiger partial charge on any atom is -0.290 e. The molecule has 0 bridgehead atoms. The molecule has 0 saturated carbocycles. The van der Waals surface area contributed by atoms with Gasteiger partial charge in [0.15, 0.2) is 10.7 Å². The zero-order valence-corrected chi connectivity index (χ0v) is 15.9. The molecule has 0 N–H and O–H groups in total. The lowest BCUT2D eigenvalue weighted by Crippen LogP contribution is -2.02. The SMILES string of the molecule is Cc1cn2c(/C=C/C(=O)c3cnn(-c4ccc(F)cc4)c3C)c(C)nc2s1. The zero-order chi connectivity index (χ0) is 19.1. The Labute approximate surface area is 159 Å². The minimum atomic E-state index is -0.311. The molecule has 3 aromatic heterocycles. The van der Waals surface area contributed by atoms with Crippen LogP contribution in [0.4, 0.5) is 4.39 Å². The van der Waals surface area contributed by atoms with Gasteiger partial charge in [0.1, 0.15) is 5.82 Å². The lowest BCUT2D eigenvalue weighted by Gasteiger charge is -2.04. The molecule has 0 saturated heterocycles. The molecule has 0 radical (unpaired) electrons. The van der Waals surface area contributed by atoms with Crippen molar-refractivity contribution in [3.8, 4) is 5.69 Å². The van der Waals surface area contributed by atoms with E-state index in [1.165, 1.54) is 12.1 Å². The van der Waals surface area contributed by atoms with Crippen molar-refractivity contribution in [3.63, 3.8) is 0 Å². The molecule has 4 rings (SSSR count). The molecule has 5 nitrogen and oxygen atoms in total. The number of imidazole rings is 1.